The van der Waals surface area contributed by atoms with Gasteiger partial charge >= 0.3 is 12.4 Å². The highest BCUT2D eigenvalue weighted by Gasteiger charge is 2.49. The minimum absolute atomic E-state index is 0.135. The number of phenols is 1. The van der Waals surface area contributed by atoms with Crippen LogP contribution in [0.5, 0.6) is 17.2 Å². The van der Waals surface area contributed by atoms with Gasteiger partial charge in [0.15, 0.2) is 0 Å². The van der Waals surface area contributed by atoms with Gasteiger partial charge in [-0.1, -0.05) is 32.9 Å². The van der Waals surface area contributed by atoms with E-state index in [9.17, 15) is 23.1 Å². The number of benzene rings is 4. The van der Waals surface area contributed by atoms with E-state index in [-0.39, 0.29) is 28.0 Å². The van der Waals surface area contributed by atoms with Crippen molar-refractivity contribution < 1.29 is 32.5 Å². The zero-order valence-corrected chi connectivity index (χ0v) is 30.1. The van der Waals surface area contributed by atoms with Gasteiger partial charge < -0.3 is 35.0 Å². The molecule has 0 saturated carbocycles. The van der Waals surface area contributed by atoms with Gasteiger partial charge in [-0.05, 0) is 104 Å². The van der Waals surface area contributed by atoms with Crippen LogP contribution < -0.4 is 25.0 Å². The van der Waals surface area contributed by atoms with E-state index in [1.165, 1.54) is 12.1 Å². The second kappa shape index (κ2) is 13.5. The smallest absolute Gasteiger partial charge is 0.506 e. The number of alkyl halides is 3. The summed E-state index contributed by atoms with van der Waals surface area (Å²) in [6, 6.07) is 21.3. The van der Waals surface area contributed by atoms with Crippen LogP contribution in [0.1, 0.15) is 39.2 Å². The Kier molecular flexibility index (Phi) is 9.20. The van der Waals surface area contributed by atoms with Crippen molar-refractivity contribution in [3.8, 4) is 27.8 Å². The minimum Gasteiger partial charge on any atom is -0.506 e. The third-order valence-electron chi connectivity index (χ3n) is 9.54. The van der Waals surface area contributed by atoms with Crippen molar-refractivity contribution in [1.29, 1.82) is 0 Å². The molecule has 272 valence electrons. The largest absolute Gasteiger partial charge is 0.573 e. The highest BCUT2D eigenvalue weighted by atomic mass is 32.1. The van der Waals surface area contributed by atoms with Crippen molar-refractivity contribution in [1.82, 2.24) is 9.88 Å². The van der Waals surface area contributed by atoms with Crippen LogP contribution in [0.15, 0.2) is 78.9 Å². The van der Waals surface area contributed by atoms with E-state index in [0.29, 0.717) is 23.6 Å². The number of aromatic nitrogens is 1. The molecular weight excluding hydrogens is 692 g/mol. The van der Waals surface area contributed by atoms with Crippen LogP contribution in [-0.4, -0.2) is 60.7 Å². The van der Waals surface area contributed by atoms with Crippen LogP contribution in [0.2, 0.25) is 0 Å². The van der Waals surface area contributed by atoms with Gasteiger partial charge in [-0.3, -0.25) is 0 Å². The number of hydrogen-bond acceptors (Lipinski definition) is 8. The first-order valence-corrected chi connectivity index (χ1v) is 17.9. The Morgan fingerprint density at radius 3 is 2.37 bits per heavy atom. The lowest BCUT2D eigenvalue weighted by Gasteiger charge is -2.42. The van der Waals surface area contributed by atoms with E-state index >= 15 is 0 Å². The summed E-state index contributed by atoms with van der Waals surface area (Å²) in [5, 5.41) is 18.1. The van der Waals surface area contributed by atoms with Gasteiger partial charge in [-0.15, -0.1) is 24.5 Å². The molecule has 2 aliphatic heterocycles. The molecule has 13 heteroatoms. The van der Waals surface area contributed by atoms with Gasteiger partial charge in [0, 0.05) is 29.8 Å². The number of carbonyl (C=O) groups is 1. The van der Waals surface area contributed by atoms with Gasteiger partial charge in [0.05, 0.1) is 34.4 Å². The molecule has 7 rings (SSSR count). The van der Waals surface area contributed by atoms with Crippen molar-refractivity contribution in [2.24, 2.45) is 5.41 Å². The van der Waals surface area contributed by atoms with Gasteiger partial charge in [0.1, 0.15) is 22.3 Å². The number of anilines is 4. The Hall–Kier alpha value is -5.01. The number of urea groups is 1. The van der Waals surface area contributed by atoms with Crippen LogP contribution in [0, 0.1) is 5.41 Å². The van der Waals surface area contributed by atoms with Crippen LogP contribution in [-0.2, 0) is 5.41 Å². The number of carbonyl (C=O) groups excluding carboxylic acids is 1. The number of methoxy groups -OCH3 is 1. The Morgan fingerprint density at radius 2 is 1.67 bits per heavy atom. The fourth-order valence-corrected chi connectivity index (χ4v) is 8.47. The number of hydrogen-bond donors (Lipinski definition) is 3. The second-order valence-electron chi connectivity index (χ2n) is 14.6. The normalized spacial score (nSPS) is 15.9. The summed E-state index contributed by atoms with van der Waals surface area (Å²) in [6.45, 7) is 10.1. The number of para-hydroxylation sites is 2. The number of thiazole rings is 1. The maximum absolute atomic E-state index is 13.3. The summed E-state index contributed by atoms with van der Waals surface area (Å²) in [4.78, 5) is 22.9. The molecule has 1 spiro atoms. The van der Waals surface area contributed by atoms with Crippen LogP contribution in [0.25, 0.3) is 20.8 Å². The Morgan fingerprint density at radius 1 is 0.962 bits per heavy atom. The van der Waals surface area contributed by atoms with E-state index < -0.39 is 12.4 Å². The fourth-order valence-electron chi connectivity index (χ4n) is 7.44. The minimum atomic E-state index is -4.82. The number of likely N-dealkylation sites (tertiary alicyclic amines) is 1. The van der Waals surface area contributed by atoms with E-state index in [0.717, 1.165) is 76.7 Å². The molecule has 0 aliphatic carbocycles. The highest BCUT2D eigenvalue weighted by molar-refractivity contribution is 7.21. The molecule has 0 radical (unpaired) electrons. The molecule has 5 aromatic rings. The molecule has 3 heterocycles. The van der Waals surface area contributed by atoms with E-state index in [4.69, 9.17) is 9.72 Å². The monoisotopic (exact) mass is 731 g/mol. The van der Waals surface area contributed by atoms with Crippen LogP contribution in [0.4, 0.5) is 40.7 Å². The zero-order chi connectivity index (χ0) is 36.8. The SMILES string of the molecule is COc1ccc2nc(-c3ccc(O)c4c3C3(CCN(CC(C)(C)C)CC3)CN4c3ccccc3NC(=O)Nc3ccc(OC(F)(F)F)cc3)sc2c1. The molecule has 2 aliphatic rings. The third kappa shape index (κ3) is 7.33. The predicted molar refractivity (Wildman–Crippen MR) is 199 cm³/mol. The maximum atomic E-state index is 13.3. The molecular formula is C39H40F3N5O4S. The molecule has 52 heavy (non-hydrogen) atoms. The van der Waals surface area contributed by atoms with E-state index in [2.05, 4.69) is 45.9 Å². The van der Waals surface area contributed by atoms with Gasteiger partial charge in [0.25, 0.3) is 0 Å². The lowest BCUT2D eigenvalue weighted by molar-refractivity contribution is -0.274. The first-order chi connectivity index (χ1) is 24.7. The second-order valence-corrected chi connectivity index (χ2v) is 15.6. The number of fused-ring (bicyclic) bond motifs is 3. The van der Waals surface area contributed by atoms with Crippen molar-refractivity contribution in [3.05, 3.63) is 84.4 Å². The number of nitrogens with zero attached hydrogens (tertiary/aromatic N) is 3. The number of aromatic hydroxyl groups is 1. The number of rotatable bonds is 7. The van der Waals surface area contributed by atoms with Crippen molar-refractivity contribution in [2.45, 2.75) is 45.4 Å². The van der Waals surface area contributed by atoms with Crippen molar-refractivity contribution in [2.75, 3.05) is 48.8 Å². The average molecular weight is 732 g/mol. The van der Waals surface area contributed by atoms with E-state index in [1.54, 1.807) is 30.6 Å². The Bertz CT molecular complexity index is 2100. The molecule has 1 saturated heterocycles. The molecule has 2 amide bonds. The fraction of sp³-hybridized carbons (Fsp3) is 0.333. The summed E-state index contributed by atoms with van der Waals surface area (Å²) in [7, 11) is 1.64. The molecule has 0 bridgehead atoms. The van der Waals surface area contributed by atoms with Crippen LogP contribution >= 0.6 is 11.3 Å². The highest BCUT2D eigenvalue weighted by Crippen LogP contribution is 2.57. The summed E-state index contributed by atoms with van der Waals surface area (Å²) in [5.74, 6) is 0.503. The summed E-state index contributed by atoms with van der Waals surface area (Å²) in [6.07, 6.45) is -3.08. The van der Waals surface area contributed by atoms with Gasteiger partial charge in [-0.25, -0.2) is 9.78 Å². The standard InChI is InChI=1S/C39H40F3N5O4S/c1-37(2,3)22-46-19-17-38(18-20-46)23-47(34-31(48)16-14-27(33(34)38)35-44-29-15-13-26(50-4)21-32(29)52-35)30-8-6-5-7-28(30)45-36(49)43-24-9-11-25(12-10-24)51-39(40,41)42/h5-16,21,48H,17-20,22-23H2,1-4H3,(H2,43,45,49). The predicted octanol–water partition coefficient (Wildman–Crippen LogP) is 9.75. The zero-order valence-electron chi connectivity index (χ0n) is 29.3. The number of phenolic OH excluding ortho intramolecular Hbond substituents is 1. The number of piperidine rings is 1. The first kappa shape index (κ1) is 35.4. The lowest BCUT2D eigenvalue weighted by Crippen LogP contribution is -2.47. The molecule has 0 unspecified atom stereocenters. The molecule has 1 aromatic heterocycles. The quantitative estimate of drug-likeness (QED) is 0.153. The Labute approximate surface area is 304 Å². The lowest BCUT2D eigenvalue weighted by atomic mass is 9.72. The molecule has 9 nitrogen and oxygen atoms in total. The third-order valence-corrected chi connectivity index (χ3v) is 10.6. The molecule has 4 aromatic carbocycles. The number of amides is 2. The maximum Gasteiger partial charge on any atom is 0.573 e. The topological polar surface area (TPSA) is 99.2 Å². The van der Waals surface area contributed by atoms with Crippen molar-refractivity contribution >= 4 is 50.3 Å². The number of ether oxygens (including phenoxy) is 2. The van der Waals surface area contributed by atoms with Crippen molar-refractivity contribution in [3.63, 3.8) is 0 Å². The number of halogens is 3. The summed E-state index contributed by atoms with van der Waals surface area (Å²) in [5.41, 5.74) is 4.90. The average Bonchev–Trinajstić information content (AvgIpc) is 3.66. The summed E-state index contributed by atoms with van der Waals surface area (Å²) >= 11 is 1.59. The molecule has 3 N–H and O–H groups in total. The van der Waals surface area contributed by atoms with E-state index in [1.807, 2.05) is 42.5 Å². The first-order valence-electron chi connectivity index (χ1n) is 17.0. The number of nitrogens with one attached hydrogen (secondary N) is 2. The van der Waals surface area contributed by atoms with Gasteiger partial charge in [0.2, 0.25) is 0 Å². The van der Waals surface area contributed by atoms with Gasteiger partial charge in [-0.2, -0.15) is 0 Å². The molecule has 0 atom stereocenters. The molecule has 1 fully saturated rings. The Balaban J connectivity index is 1.24. The summed E-state index contributed by atoms with van der Waals surface area (Å²) < 4.78 is 48.3. The van der Waals surface area contributed by atoms with Crippen LogP contribution in [0.3, 0.4) is 0 Å².